The minimum atomic E-state index is 0.0322. The van der Waals surface area contributed by atoms with Gasteiger partial charge >= 0.3 is 0 Å². The summed E-state index contributed by atoms with van der Waals surface area (Å²) in [6.45, 7) is 11.7. The second-order valence-corrected chi connectivity index (χ2v) is 6.47. The molecular formula is C17H35NO2. The zero-order valence-corrected chi connectivity index (χ0v) is 14.2. The van der Waals surface area contributed by atoms with Crippen molar-refractivity contribution in [2.45, 2.75) is 71.4 Å². The van der Waals surface area contributed by atoms with Crippen LogP contribution in [-0.2, 0) is 9.47 Å². The van der Waals surface area contributed by atoms with Crippen molar-refractivity contribution in [1.82, 2.24) is 5.32 Å². The van der Waals surface area contributed by atoms with Crippen LogP contribution in [0.15, 0.2) is 0 Å². The lowest BCUT2D eigenvalue weighted by Crippen LogP contribution is -2.57. The zero-order chi connectivity index (χ0) is 15.0. The summed E-state index contributed by atoms with van der Waals surface area (Å²) >= 11 is 0. The molecule has 1 aliphatic carbocycles. The van der Waals surface area contributed by atoms with E-state index in [9.17, 15) is 0 Å². The van der Waals surface area contributed by atoms with E-state index in [-0.39, 0.29) is 5.60 Å². The van der Waals surface area contributed by atoms with Crippen LogP contribution in [-0.4, -0.2) is 38.5 Å². The van der Waals surface area contributed by atoms with Crippen molar-refractivity contribution in [3.05, 3.63) is 0 Å². The van der Waals surface area contributed by atoms with Gasteiger partial charge in [-0.05, 0) is 57.4 Å². The van der Waals surface area contributed by atoms with Crippen LogP contribution >= 0.6 is 0 Å². The summed E-state index contributed by atoms with van der Waals surface area (Å²) in [5.74, 6) is 1.43. The molecule has 20 heavy (non-hydrogen) atoms. The molecule has 3 heteroatoms. The highest BCUT2D eigenvalue weighted by Crippen LogP contribution is 2.40. The van der Waals surface area contributed by atoms with Crippen molar-refractivity contribution < 1.29 is 9.47 Å². The molecular weight excluding hydrogens is 250 g/mol. The molecule has 1 N–H and O–H groups in total. The minimum absolute atomic E-state index is 0.0322. The molecule has 2 atom stereocenters. The number of rotatable bonds is 9. The van der Waals surface area contributed by atoms with Gasteiger partial charge in [0.2, 0.25) is 0 Å². The number of hydrogen-bond acceptors (Lipinski definition) is 3. The Kier molecular flexibility index (Phi) is 8.08. The molecule has 0 aromatic rings. The van der Waals surface area contributed by atoms with E-state index < -0.39 is 0 Å². The molecule has 0 aliphatic heterocycles. The van der Waals surface area contributed by atoms with Crippen LogP contribution in [0.4, 0.5) is 0 Å². The summed E-state index contributed by atoms with van der Waals surface area (Å²) < 4.78 is 11.6. The monoisotopic (exact) mass is 285 g/mol. The molecule has 0 amide bonds. The van der Waals surface area contributed by atoms with E-state index >= 15 is 0 Å². The van der Waals surface area contributed by atoms with Crippen LogP contribution in [0.5, 0.6) is 0 Å². The summed E-state index contributed by atoms with van der Waals surface area (Å²) in [6, 6.07) is 0.440. The topological polar surface area (TPSA) is 30.5 Å². The highest BCUT2D eigenvalue weighted by atomic mass is 16.5. The molecule has 0 heterocycles. The van der Waals surface area contributed by atoms with Gasteiger partial charge in [-0.1, -0.05) is 20.8 Å². The van der Waals surface area contributed by atoms with Gasteiger partial charge in [0.1, 0.15) is 0 Å². The van der Waals surface area contributed by atoms with Gasteiger partial charge in [0.05, 0.1) is 5.60 Å². The quantitative estimate of drug-likeness (QED) is 0.702. The first-order valence-electron chi connectivity index (χ1n) is 8.45. The van der Waals surface area contributed by atoms with E-state index in [1.807, 2.05) is 0 Å². The third-order valence-electron chi connectivity index (χ3n) is 4.89. The molecule has 0 saturated heterocycles. The van der Waals surface area contributed by atoms with Crippen molar-refractivity contribution in [2.24, 2.45) is 11.8 Å². The highest BCUT2D eigenvalue weighted by Gasteiger charge is 2.43. The number of ether oxygens (including phenoxy) is 2. The summed E-state index contributed by atoms with van der Waals surface area (Å²) in [4.78, 5) is 0. The number of methoxy groups -OCH3 is 1. The SMILES string of the molecule is CCNC(C(C)CCOC)C1(OCC)CCC(C)CC1. The Morgan fingerprint density at radius 3 is 2.40 bits per heavy atom. The highest BCUT2D eigenvalue weighted by molar-refractivity contribution is 4.98. The molecule has 1 aliphatic rings. The normalized spacial score (nSPS) is 30.1. The third-order valence-corrected chi connectivity index (χ3v) is 4.89. The summed E-state index contributed by atoms with van der Waals surface area (Å²) in [5, 5.41) is 3.72. The van der Waals surface area contributed by atoms with E-state index in [1.54, 1.807) is 7.11 Å². The first-order chi connectivity index (χ1) is 9.59. The van der Waals surface area contributed by atoms with Crippen molar-refractivity contribution in [1.29, 1.82) is 0 Å². The number of hydrogen-bond donors (Lipinski definition) is 1. The summed E-state index contributed by atoms with van der Waals surface area (Å²) in [7, 11) is 1.79. The second kappa shape index (κ2) is 9.01. The first kappa shape index (κ1) is 17.9. The van der Waals surface area contributed by atoms with Gasteiger partial charge in [-0.25, -0.2) is 0 Å². The molecule has 1 rings (SSSR count). The van der Waals surface area contributed by atoms with Crippen molar-refractivity contribution >= 4 is 0 Å². The van der Waals surface area contributed by atoms with Crippen molar-refractivity contribution in [3.8, 4) is 0 Å². The van der Waals surface area contributed by atoms with Crippen molar-refractivity contribution in [2.75, 3.05) is 26.9 Å². The molecule has 0 bridgehead atoms. The van der Waals surface area contributed by atoms with E-state index in [2.05, 4.69) is 33.0 Å². The molecule has 3 nitrogen and oxygen atoms in total. The van der Waals surface area contributed by atoms with Crippen LogP contribution < -0.4 is 5.32 Å². The first-order valence-corrected chi connectivity index (χ1v) is 8.45. The van der Waals surface area contributed by atoms with Gasteiger partial charge in [0.25, 0.3) is 0 Å². The maximum absolute atomic E-state index is 6.33. The van der Waals surface area contributed by atoms with E-state index in [1.165, 1.54) is 25.7 Å². The predicted molar refractivity (Wildman–Crippen MR) is 85.1 cm³/mol. The Hall–Kier alpha value is -0.120. The lowest BCUT2D eigenvalue weighted by molar-refractivity contribution is -0.108. The maximum atomic E-state index is 6.33. The van der Waals surface area contributed by atoms with Crippen LogP contribution in [0.2, 0.25) is 0 Å². The predicted octanol–water partition coefficient (Wildman–Crippen LogP) is 3.62. The molecule has 2 unspecified atom stereocenters. The molecule has 0 aromatic carbocycles. The fourth-order valence-corrected chi connectivity index (χ4v) is 3.68. The molecule has 120 valence electrons. The Balaban J connectivity index is 2.81. The molecule has 1 saturated carbocycles. The largest absolute Gasteiger partial charge is 0.385 e. The van der Waals surface area contributed by atoms with Crippen LogP contribution in [0, 0.1) is 11.8 Å². The average Bonchev–Trinajstić information content (AvgIpc) is 2.45. The van der Waals surface area contributed by atoms with Crippen LogP contribution in [0.3, 0.4) is 0 Å². The van der Waals surface area contributed by atoms with Gasteiger partial charge in [-0.15, -0.1) is 0 Å². The van der Waals surface area contributed by atoms with E-state index in [0.29, 0.717) is 12.0 Å². The number of likely N-dealkylation sites (N-methyl/N-ethyl adjacent to an activating group) is 1. The smallest absolute Gasteiger partial charge is 0.0837 e. The van der Waals surface area contributed by atoms with Crippen LogP contribution in [0.1, 0.15) is 59.8 Å². The number of nitrogens with one attached hydrogen (secondary N) is 1. The van der Waals surface area contributed by atoms with Gasteiger partial charge in [-0.2, -0.15) is 0 Å². The Labute approximate surface area is 125 Å². The lowest BCUT2D eigenvalue weighted by atomic mass is 9.71. The summed E-state index contributed by atoms with van der Waals surface area (Å²) in [5.41, 5.74) is 0.0322. The lowest BCUT2D eigenvalue weighted by Gasteiger charge is -2.47. The fraction of sp³-hybridized carbons (Fsp3) is 1.00. The Bertz CT molecular complexity index is 249. The third kappa shape index (κ3) is 4.71. The average molecular weight is 285 g/mol. The van der Waals surface area contributed by atoms with Crippen LogP contribution in [0.25, 0.3) is 0 Å². The van der Waals surface area contributed by atoms with Gasteiger partial charge in [0, 0.05) is 26.4 Å². The second-order valence-electron chi connectivity index (χ2n) is 6.47. The Morgan fingerprint density at radius 1 is 1.25 bits per heavy atom. The molecule has 1 fully saturated rings. The van der Waals surface area contributed by atoms with E-state index in [0.717, 1.165) is 32.1 Å². The van der Waals surface area contributed by atoms with Gasteiger partial charge in [0.15, 0.2) is 0 Å². The minimum Gasteiger partial charge on any atom is -0.385 e. The summed E-state index contributed by atoms with van der Waals surface area (Å²) in [6.07, 6.45) is 6.06. The maximum Gasteiger partial charge on any atom is 0.0837 e. The standard InChI is InChI=1S/C17H35NO2/c1-6-18-16(15(4)10-13-19-5)17(20-7-2)11-8-14(3)9-12-17/h14-16,18H,6-13H2,1-5H3. The van der Waals surface area contributed by atoms with E-state index in [4.69, 9.17) is 9.47 Å². The molecule has 0 aromatic heterocycles. The zero-order valence-electron chi connectivity index (χ0n) is 14.2. The van der Waals surface area contributed by atoms with Crippen molar-refractivity contribution in [3.63, 3.8) is 0 Å². The fourth-order valence-electron chi connectivity index (χ4n) is 3.68. The van der Waals surface area contributed by atoms with Gasteiger partial charge < -0.3 is 14.8 Å². The molecule has 0 radical (unpaired) electrons. The molecule has 0 spiro atoms. The Morgan fingerprint density at radius 2 is 1.90 bits per heavy atom. The van der Waals surface area contributed by atoms with Gasteiger partial charge in [-0.3, -0.25) is 0 Å².